The first-order valence-electron chi connectivity index (χ1n) is 5.73. The maximum Gasteiger partial charge on any atom is 0.0537 e. The molecular weight excluding hydrogens is 310 g/mol. The molecule has 0 amide bonds. The molecule has 1 aromatic carbocycles. The van der Waals surface area contributed by atoms with Crippen molar-refractivity contribution in [2.75, 3.05) is 12.8 Å². The van der Waals surface area contributed by atoms with Gasteiger partial charge in [-0.15, -0.1) is 11.8 Å². The molecule has 1 heterocycles. The molecule has 3 nitrogen and oxygen atoms in total. The van der Waals surface area contributed by atoms with Crippen LogP contribution in [0.5, 0.6) is 0 Å². The topological polar surface area (TPSA) is 29.9 Å². The van der Waals surface area contributed by atoms with Crippen molar-refractivity contribution >= 4 is 27.7 Å². The van der Waals surface area contributed by atoms with Crippen LogP contribution in [0.2, 0.25) is 0 Å². The summed E-state index contributed by atoms with van der Waals surface area (Å²) in [5.74, 6) is 0.990. The Kier molecular flexibility index (Phi) is 4.86. The van der Waals surface area contributed by atoms with Crippen molar-refractivity contribution in [3.8, 4) is 0 Å². The average molecular weight is 326 g/mol. The molecule has 0 bridgehead atoms. The van der Waals surface area contributed by atoms with Gasteiger partial charge in [0.25, 0.3) is 0 Å². The quantitative estimate of drug-likeness (QED) is 0.856. The first-order chi connectivity index (χ1) is 8.69. The monoisotopic (exact) mass is 325 g/mol. The summed E-state index contributed by atoms with van der Waals surface area (Å²) >= 11 is 5.29. The summed E-state index contributed by atoms with van der Waals surface area (Å²) < 4.78 is 2.95. The Hall–Kier alpha value is -0.780. The molecule has 18 heavy (non-hydrogen) atoms. The molecule has 5 heteroatoms. The molecule has 1 N–H and O–H groups in total. The predicted molar refractivity (Wildman–Crippen MR) is 79.9 cm³/mol. The fourth-order valence-electron chi connectivity index (χ4n) is 1.68. The third kappa shape index (κ3) is 3.60. The first-order valence-corrected chi connectivity index (χ1v) is 7.51. The van der Waals surface area contributed by atoms with E-state index in [1.165, 1.54) is 10.5 Å². The van der Waals surface area contributed by atoms with Crippen LogP contribution in [0.1, 0.15) is 11.6 Å². The van der Waals surface area contributed by atoms with Crippen LogP contribution in [0.3, 0.4) is 0 Å². The van der Waals surface area contributed by atoms with E-state index in [2.05, 4.69) is 56.8 Å². The number of hydrogen-bond acceptors (Lipinski definition) is 3. The third-order valence-electron chi connectivity index (χ3n) is 2.71. The molecule has 0 aliphatic rings. The summed E-state index contributed by atoms with van der Waals surface area (Å²) in [7, 11) is 3.93. The smallest absolute Gasteiger partial charge is 0.0537 e. The summed E-state index contributed by atoms with van der Waals surface area (Å²) in [5, 5.41) is 7.54. The highest BCUT2D eigenvalue weighted by molar-refractivity contribution is 9.10. The van der Waals surface area contributed by atoms with Crippen LogP contribution in [0.25, 0.3) is 0 Å². The number of thioether (sulfide) groups is 1. The number of rotatable bonds is 5. The molecular formula is C13H16BrN3S. The lowest BCUT2D eigenvalue weighted by molar-refractivity contribution is 0.660. The molecule has 0 saturated heterocycles. The van der Waals surface area contributed by atoms with Crippen molar-refractivity contribution in [2.24, 2.45) is 7.05 Å². The van der Waals surface area contributed by atoms with Gasteiger partial charge in [0.05, 0.1) is 6.20 Å². The van der Waals surface area contributed by atoms with Crippen molar-refractivity contribution in [3.05, 3.63) is 46.7 Å². The van der Waals surface area contributed by atoms with Gasteiger partial charge in [0, 0.05) is 40.0 Å². The van der Waals surface area contributed by atoms with E-state index >= 15 is 0 Å². The summed E-state index contributed by atoms with van der Waals surface area (Å²) in [6.45, 7) is 0. The van der Waals surface area contributed by atoms with Gasteiger partial charge in [-0.05, 0) is 31.3 Å². The van der Waals surface area contributed by atoms with E-state index in [-0.39, 0.29) is 0 Å². The number of nitrogens with zero attached hydrogens (tertiary/aromatic N) is 2. The van der Waals surface area contributed by atoms with Gasteiger partial charge in [0.15, 0.2) is 0 Å². The number of benzene rings is 1. The van der Waals surface area contributed by atoms with Crippen LogP contribution in [-0.2, 0) is 7.05 Å². The van der Waals surface area contributed by atoms with Crippen molar-refractivity contribution in [2.45, 2.75) is 10.9 Å². The number of halogens is 1. The Bertz CT molecular complexity index is 495. The first kappa shape index (κ1) is 13.6. The summed E-state index contributed by atoms with van der Waals surface area (Å²) in [6.07, 6.45) is 3.98. The molecule has 0 radical (unpaired) electrons. The van der Waals surface area contributed by atoms with Gasteiger partial charge >= 0.3 is 0 Å². The van der Waals surface area contributed by atoms with Crippen LogP contribution in [0, 0.1) is 0 Å². The van der Waals surface area contributed by atoms with Gasteiger partial charge in [-0.2, -0.15) is 5.10 Å². The van der Waals surface area contributed by atoms with E-state index in [1.54, 1.807) is 0 Å². The molecule has 96 valence electrons. The van der Waals surface area contributed by atoms with Gasteiger partial charge in [-0.3, -0.25) is 4.68 Å². The number of hydrogen-bond donors (Lipinski definition) is 1. The molecule has 0 aliphatic carbocycles. The van der Waals surface area contributed by atoms with Crippen molar-refractivity contribution in [1.82, 2.24) is 15.1 Å². The standard InChI is InChI=1S/C13H16BrN3S/c1-15-13(10-7-16-17(2)8-10)9-18-12-5-3-11(14)4-6-12/h3-8,13,15H,9H2,1-2H3. The van der Waals surface area contributed by atoms with E-state index in [9.17, 15) is 0 Å². The highest BCUT2D eigenvalue weighted by Crippen LogP contribution is 2.25. The second-order valence-corrected chi connectivity index (χ2v) is 6.06. The van der Waals surface area contributed by atoms with Gasteiger partial charge in [-0.1, -0.05) is 15.9 Å². The number of aryl methyl sites for hydroxylation is 1. The highest BCUT2D eigenvalue weighted by Gasteiger charge is 2.11. The zero-order valence-corrected chi connectivity index (χ0v) is 12.8. The summed E-state index contributed by atoms with van der Waals surface area (Å²) in [4.78, 5) is 1.28. The van der Waals surface area contributed by atoms with Crippen LogP contribution in [-0.4, -0.2) is 22.6 Å². The fourth-order valence-corrected chi connectivity index (χ4v) is 2.99. The normalized spacial score (nSPS) is 12.6. The van der Waals surface area contributed by atoms with E-state index < -0.39 is 0 Å². The lowest BCUT2D eigenvalue weighted by Crippen LogP contribution is -2.18. The highest BCUT2D eigenvalue weighted by atomic mass is 79.9. The molecule has 1 unspecified atom stereocenters. The molecule has 0 aliphatic heterocycles. The minimum absolute atomic E-state index is 0.326. The minimum Gasteiger partial charge on any atom is -0.312 e. The average Bonchev–Trinajstić information content (AvgIpc) is 2.79. The molecule has 2 rings (SSSR count). The minimum atomic E-state index is 0.326. The SMILES string of the molecule is CNC(CSc1ccc(Br)cc1)c1cnn(C)c1. The molecule has 2 aromatic rings. The van der Waals surface area contributed by atoms with Crippen LogP contribution < -0.4 is 5.32 Å². The molecule has 0 saturated carbocycles. The fraction of sp³-hybridized carbons (Fsp3) is 0.308. The number of aromatic nitrogens is 2. The second kappa shape index (κ2) is 6.41. The van der Waals surface area contributed by atoms with E-state index in [0.29, 0.717) is 6.04 Å². The van der Waals surface area contributed by atoms with Crippen molar-refractivity contribution < 1.29 is 0 Å². The molecule has 1 atom stereocenters. The predicted octanol–water partition coefficient (Wildman–Crippen LogP) is 3.24. The largest absolute Gasteiger partial charge is 0.312 e. The lowest BCUT2D eigenvalue weighted by atomic mass is 10.2. The molecule has 0 fully saturated rings. The van der Waals surface area contributed by atoms with Gasteiger partial charge < -0.3 is 5.32 Å². The Morgan fingerprint density at radius 1 is 1.39 bits per heavy atom. The van der Waals surface area contributed by atoms with Gasteiger partial charge in [0.1, 0.15) is 0 Å². The maximum atomic E-state index is 4.21. The second-order valence-electron chi connectivity index (χ2n) is 4.05. The maximum absolute atomic E-state index is 4.21. The zero-order valence-electron chi connectivity index (χ0n) is 10.4. The lowest BCUT2D eigenvalue weighted by Gasteiger charge is -2.13. The zero-order chi connectivity index (χ0) is 13.0. The Morgan fingerprint density at radius 3 is 2.67 bits per heavy atom. The Balaban J connectivity index is 1.97. The summed E-state index contributed by atoms with van der Waals surface area (Å²) in [5.41, 5.74) is 1.23. The number of nitrogens with one attached hydrogen (secondary N) is 1. The molecule has 1 aromatic heterocycles. The van der Waals surface area contributed by atoms with Crippen LogP contribution in [0.15, 0.2) is 46.0 Å². The van der Waals surface area contributed by atoms with Gasteiger partial charge in [-0.25, -0.2) is 0 Å². The van der Waals surface area contributed by atoms with Gasteiger partial charge in [0.2, 0.25) is 0 Å². The third-order valence-corrected chi connectivity index (χ3v) is 4.34. The Morgan fingerprint density at radius 2 is 2.11 bits per heavy atom. The molecule has 0 spiro atoms. The van der Waals surface area contributed by atoms with E-state index in [4.69, 9.17) is 0 Å². The van der Waals surface area contributed by atoms with Crippen LogP contribution >= 0.6 is 27.7 Å². The van der Waals surface area contributed by atoms with E-state index in [1.807, 2.05) is 36.7 Å². The van der Waals surface area contributed by atoms with Crippen molar-refractivity contribution in [3.63, 3.8) is 0 Å². The van der Waals surface area contributed by atoms with Crippen LogP contribution in [0.4, 0.5) is 0 Å². The Labute approximate surface area is 120 Å². The van der Waals surface area contributed by atoms with E-state index in [0.717, 1.165) is 10.2 Å². The van der Waals surface area contributed by atoms with Crippen molar-refractivity contribution in [1.29, 1.82) is 0 Å². The summed E-state index contributed by atoms with van der Waals surface area (Å²) in [6, 6.07) is 8.73.